The monoisotopic (exact) mass is 317 g/mol. The largest absolute Gasteiger partial charge is 0.497 e. The molecule has 0 spiro atoms. The van der Waals surface area contributed by atoms with Crippen molar-refractivity contribution in [3.63, 3.8) is 0 Å². The number of ether oxygens (including phenoxy) is 1. The molecule has 2 aromatic carbocycles. The summed E-state index contributed by atoms with van der Waals surface area (Å²) in [6, 6.07) is 11.8. The van der Waals surface area contributed by atoms with Gasteiger partial charge in [-0.05, 0) is 42.1 Å². The molecule has 106 valence electrons. The minimum absolute atomic E-state index is 0.455. The highest BCUT2D eigenvalue weighted by Gasteiger charge is 2.11. The number of nitrogens with zero attached hydrogens (tertiary/aromatic N) is 1. The van der Waals surface area contributed by atoms with Gasteiger partial charge in [0, 0.05) is 27.7 Å². The van der Waals surface area contributed by atoms with Gasteiger partial charge in [0.1, 0.15) is 10.9 Å². The maximum Gasteiger partial charge on any atom is 0.137 e. The normalized spacial score (nSPS) is 10.9. The smallest absolute Gasteiger partial charge is 0.137 e. The zero-order chi connectivity index (χ0) is 15.0. The van der Waals surface area contributed by atoms with E-state index in [0.29, 0.717) is 10.2 Å². The Bertz CT molecular complexity index is 830. The summed E-state index contributed by atoms with van der Waals surface area (Å²) in [5.41, 5.74) is 3.03. The maximum absolute atomic E-state index is 6.38. The van der Waals surface area contributed by atoms with Crippen molar-refractivity contribution < 1.29 is 4.74 Å². The van der Waals surface area contributed by atoms with Crippen LogP contribution in [0, 0.1) is 6.92 Å². The van der Waals surface area contributed by atoms with Gasteiger partial charge in [-0.1, -0.05) is 35.3 Å². The average Bonchev–Trinajstić information content (AvgIpc) is 2.48. The zero-order valence-corrected chi connectivity index (χ0v) is 13.2. The third kappa shape index (κ3) is 2.57. The first-order valence-electron chi connectivity index (χ1n) is 6.49. The second-order valence-corrected chi connectivity index (χ2v) is 5.62. The number of aryl methyl sites for hydroxylation is 1. The lowest BCUT2D eigenvalue weighted by molar-refractivity contribution is 0.415. The fourth-order valence-corrected chi connectivity index (χ4v) is 2.91. The number of methoxy groups -OCH3 is 1. The van der Waals surface area contributed by atoms with Gasteiger partial charge in [-0.3, -0.25) is 0 Å². The van der Waals surface area contributed by atoms with Crippen molar-refractivity contribution in [3.8, 4) is 16.9 Å². The van der Waals surface area contributed by atoms with E-state index in [1.54, 1.807) is 13.3 Å². The van der Waals surface area contributed by atoms with E-state index in [1.165, 1.54) is 0 Å². The van der Waals surface area contributed by atoms with E-state index in [2.05, 4.69) is 4.98 Å². The highest BCUT2D eigenvalue weighted by Crippen LogP contribution is 2.36. The van der Waals surface area contributed by atoms with E-state index >= 15 is 0 Å². The van der Waals surface area contributed by atoms with Crippen LogP contribution in [0.4, 0.5) is 0 Å². The third-order valence-electron chi connectivity index (χ3n) is 3.46. The van der Waals surface area contributed by atoms with Crippen LogP contribution in [-0.4, -0.2) is 12.1 Å². The zero-order valence-electron chi connectivity index (χ0n) is 11.7. The predicted octanol–water partition coefficient (Wildman–Crippen LogP) is 5.53. The minimum atomic E-state index is 0.455. The summed E-state index contributed by atoms with van der Waals surface area (Å²) in [4.78, 5) is 4.27. The highest BCUT2D eigenvalue weighted by atomic mass is 35.5. The van der Waals surface area contributed by atoms with Gasteiger partial charge in [0.25, 0.3) is 0 Å². The Balaban J connectivity index is 2.30. The van der Waals surface area contributed by atoms with Crippen molar-refractivity contribution in [1.29, 1.82) is 0 Å². The first kappa shape index (κ1) is 14.2. The summed E-state index contributed by atoms with van der Waals surface area (Å²) < 4.78 is 5.25. The molecule has 0 saturated carbocycles. The second-order valence-electron chi connectivity index (χ2n) is 4.86. The predicted molar refractivity (Wildman–Crippen MR) is 88.5 cm³/mol. The molecule has 0 aliphatic carbocycles. The highest BCUT2D eigenvalue weighted by molar-refractivity contribution is 6.36. The Kier molecular flexibility index (Phi) is 3.75. The van der Waals surface area contributed by atoms with Crippen molar-refractivity contribution in [2.45, 2.75) is 6.92 Å². The molecule has 0 fully saturated rings. The summed E-state index contributed by atoms with van der Waals surface area (Å²) in [6.07, 6.45) is 1.76. The van der Waals surface area contributed by atoms with Crippen LogP contribution in [0.15, 0.2) is 42.6 Å². The van der Waals surface area contributed by atoms with Gasteiger partial charge in [-0.15, -0.1) is 0 Å². The van der Waals surface area contributed by atoms with Crippen molar-refractivity contribution in [3.05, 3.63) is 58.3 Å². The number of rotatable bonds is 2. The first-order valence-corrected chi connectivity index (χ1v) is 7.24. The Morgan fingerprint density at radius 2 is 1.76 bits per heavy atom. The molecule has 0 aliphatic heterocycles. The Morgan fingerprint density at radius 3 is 2.48 bits per heavy atom. The maximum atomic E-state index is 6.38. The molecule has 0 aliphatic rings. The Morgan fingerprint density at radius 1 is 0.952 bits per heavy atom. The lowest BCUT2D eigenvalue weighted by Crippen LogP contribution is -1.89. The van der Waals surface area contributed by atoms with Gasteiger partial charge in [-0.25, -0.2) is 4.98 Å². The molecule has 0 amide bonds. The van der Waals surface area contributed by atoms with Crippen LogP contribution in [0.5, 0.6) is 5.75 Å². The second kappa shape index (κ2) is 5.55. The molecule has 0 N–H and O–H groups in total. The number of halogens is 2. The van der Waals surface area contributed by atoms with Crippen LogP contribution in [0.1, 0.15) is 5.56 Å². The van der Waals surface area contributed by atoms with Crippen LogP contribution < -0.4 is 4.74 Å². The van der Waals surface area contributed by atoms with Gasteiger partial charge in [0.05, 0.1) is 7.11 Å². The van der Waals surface area contributed by atoms with Crippen LogP contribution in [0.25, 0.3) is 21.9 Å². The molecule has 3 aromatic rings. The average molecular weight is 318 g/mol. The van der Waals surface area contributed by atoms with E-state index in [4.69, 9.17) is 27.9 Å². The number of pyridine rings is 1. The summed E-state index contributed by atoms with van der Waals surface area (Å²) in [5.74, 6) is 0.748. The molecule has 0 atom stereocenters. The molecule has 2 nitrogen and oxygen atoms in total. The molecule has 0 radical (unpaired) electrons. The molecule has 3 rings (SSSR count). The molecule has 4 heteroatoms. The molecular formula is C17H13Cl2NO. The van der Waals surface area contributed by atoms with Gasteiger partial charge in [0.2, 0.25) is 0 Å². The fourth-order valence-electron chi connectivity index (χ4n) is 2.37. The van der Waals surface area contributed by atoms with E-state index in [1.807, 2.05) is 43.3 Å². The quantitative estimate of drug-likeness (QED) is 0.580. The fraction of sp³-hybridized carbons (Fsp3) is 0.118. The van der Waals surface area contributed by atoms with Gasteiger partial charge >= 0.3 is 0 Å². The molecule has 1 heterocycles. The van der Waals surface area contributed by atoms with E-state index in [0.717, 1.165) is 33.2 Å². The van der Waals surface area contributed by atoms with Crippen molar-refractivity contribution >= 4 is 34.0 Å². The molecular weight excluding hydrogens is 305 g/mol. The number of hydrogen-bond acceptors (Lipinski definition) is 2. The Hall–Kier alpha value is -1.77. The summed E-state index contributed by atoms with van der Waals surface area (Å²) in [6.45, 7) is 2.01. The number of fused-ring (bicyclic) bond motifs is 1. The molecule has 1 aromatic heterocycles. The van der Waals surface area contributed by atoms with Crippen LogP contribution >= 0.6 is 23.2 Å². The van der Waals surface area contributed by atoms with E-state index in [-0.39, 0.29) is 0 Å². The SMILES string of the molecule is COc1ccc2c(-c3ccc(C)cc3Cl)cnc(Cl)c2c1. The molecule has 0 bridgehead atoms. The summed E-state index contributed by atoms with van der Waals surface area (Å²) in [7, 11) is 1.63. The standard InChI is InChI=1S/C17H13Cl2NO/c1-10-3-5-13(16(18)7-10)15-9-20-17(19)14-8-11(21-2)4-6-12(14)15/h3-9H,1-2H3. The number of benzene rings is 2. The molecule has 0 saturated heterocycles. The molecule has 21 heavy (non-hydrogen) atoms. The van der Waals surface area contributed by atoms with Gasteiger partial charge in [-0.2, -0.15) is 0 Å². The lowest BCUT2D eigenvalue weighted by atomic mass is 10.00. The number of aromatic nitrogens is 1. The number of hydrogen-bond donors (Lipinski definition) is 0. The minimum Gasteiger partial charge on any atom is -0.497 e. The van der Waals surface area contributed by atoms with Gasteiger partial charge < -0.3 is 4.74 Å². The first-order chi connectivity index (χ1) is 10.1. The molecule has 0 unspecified atom stereocenters. The van der Waals surface area contributed by atoms with E-state index < -0.39 is 0 Å². The van der Waals surface area contributed by atoms with Gasteiger partial charge in [0.15, 0.2) is 0 Å². The van der Waals surface area contributed by atoms with Crippen LogP contribution in [0.3, 0.4) is 0 Å². The van der Waals surface area contributed by atoms with Crippen molar-refractivity contribution in [2.24, 2.45) is 0 Å². The lowest BCUT2D eigenvalue weighted by Gasteiger charge is -2.11. The summed E-state index contributed by atoms with van der Waals surface area (Å²) in [5, 5.41) is 3.01. The van der Waals surface area contributed by atoms with Crippen molar-refractivity contribution in [2.75, 3.05) is 7.11 Å². The van der Waals surface area contributed by atoms with Crippen LogP contribution in [0.2, 0.25) is 10.2 Å². The summed E-state index contributed by atoms with van der Waals surface area (Å²) >= 11 is 12.6. The topological polar surface area (TPSA) is 22.1 Å². The van der Waals surface area contributed by atoms with Crippen LogP contribution in [-0.2, 0) is 0 Å². The Labute approximate surface area is 133 Å². The third-order valence-corrected chi connectivity index (χ3v) is 4.07. The van der Waals surface area contributed by atoms with E-state index in [9.17, 15) is 0 Å². The van der Waals surface area contributed by atoms with Crippen molar-refractivity contribution in [1.82, 2.24) is 4.98 Å².